The standard InChI is InChI=1S/C17H25N3O/c1-3-16(20-10-6-5-7-11-20)17-18-14-9-8-13(21-4-2)12-15(14)19-17/h8-9,12,16H,3-7,10-11H2,1-2H3,(H,18,19). The van der Waals surface area contributed by atoms with E-state index in [1.807, 2.05) is 19.1 Å². The Hall–Kier alpha value is -1.55. The van der Waals surface area contributed by atoms with Gasteiger partial charge in [-0.2, -0.15) is 0 Å². The minimum atomic E-state index is 0.410. The van der Waals surface area contributed by atoms with Crippen molar-refractivity contribution in [1.29, 1.82) is 0 Å². The molecule has 0 aliphatic carbocycles. The number of piperidine rings is 1. The first-order chi connectivity index (χ1) is 10.3. The first kappa shape index (κ1) is 14.4. The molecule has 1 saturated heterocycles. The van der Waals surface area contributed by atoms with Gasteiger partial charge in [0.05, 0.1) is 23.7 Å². The average Bonchev–Trinajstić information content (AvgIpc) is 2.92. The van der Waals surface area contributed by atoms with Crippen LogP contribution in [0.5, 0.6) is 5.75 Å². The Balaban J connectivity index is 1.87. The van der Waals surface area contributed by atoms with Gasteiger partial charge in [-0.1, -0.05) is 13.3 Å². The van der Waals surface area contributed by atoms with Crippen molar-refractivity contribution < 1.29 is 4.74 Å². The van der Waals surface area contributed by atoms with Crippen LogP contribution in [0.4, 0.5) is 0 Å². The number of likely N-dealkylation sites (tertiary alicyclic amines) is 1. The molecule has 1 aliphatic rings. The molecule has 4 nitrogen and oxygen atoms in total. The van der Waals surface area contributed by atoms with Crippen LogP contribution in [0.15, 0.2) is 18.2 Å². The summed E-state index contributed by atoms with van der Waals surface area (Å²) in [7, 11) is 0. The average molecular weight is 287 g/mol. The molecule has 0 bridgehead atoms. The van der Waals surface area contributed by atoms with E-state index in [0.717, 1.165) is 29.0 Å². The van der Waals surface area contributed by atoms with Crippen LogP contribution < -0.4 is 4.74 Å². The van der Waals surface area contributed by atoms with Crippen molar-refractivity contribution in [1.82, 2.24) is 14.9 Å². The number of nitrogens with one attached hydrogen (secondary N) is 1. The lowest BCUT2D eigenvalue weighted by Gasteiger charge is -2.32. The summed E-state index contributed by atoms with van der Waals surface area (Å²) in [6, 6.07) is 6.51. The quantitative estimate of drug-likeness (QED) is 0.906. The van der Waals surface area contributed by atoms with E-state index in [4.69, 9.17) is 9.72 Å². The van der Waals surface area contributed by atoms with Gasteiger partial charge in [-0.05, 0) is 51.4 Å². The largest absolute Gasteiger partial charge is 0.494 e. The highest BCUT2D eigenvalue weighted by molar-refractivity contribution is 5.76. The van der Waals surface area contributed by atoms with Gasteiger partial charge in [0.25, 0.3) is 0 Å². The van der Waals surface area contributed by atoms with Crippen LogP contribution in [0.25, 0.3) is 11.0 Å². The van der Waals surface area contributed by atoms with Gasteiger partial charge in [-0.3, -0.25) is 4.90 Å². The molecule has 1 aromatic carbocycles. The second-order valence-corrected chi connectivity index (χ2v) is 5.75. The number of fused-ring (bicyclic) bond motifs is 1. The predicted octanol–water partition coefficient (Wildman–Crippen LogP) is 3.90. The molecular weight excluding hydrogens is 262 g/mol. The molecule has 1 aromatic heterocycles. The normalized spacial score (nSPS) is 18.0. The van der Waals surface area contributed by atoms with Gasteiger partial charge in [-0.25, -0.2) is 4.98 Å². The van der Waals surface area contributed by atoms with Crippen LogP contribution in [-0.4, -0.2) is 34.6 Å². The zero-order valence-corrected chi connectivity index (χ0v) is 13.1. The number of imidazole rings is 1. The van der Waals surface area contributed by atoms with Crippen LogP contribution in [0.3, 0.4) is 0 Å². The van der Waals surface area contributed by atoms with Crippen LogP contribution in [0.1, 0.15) is 51.4 Å². The molecule has 1 N–H and O–H groups in total. The smallest absolute Gasteiger partial charge is 0.124 e. The maximum absolute atomic E-state index is 5.57. The Bertz CT molecular complexity index is 587. The van der Waals surface area contributed by atoms with Gasteiger partial charge in [0, 0.05) is 6.07 Å². The topological polar surface area (TPSA) is 41.1 Å². The van der Waals surface area contributed by atoms with Gasteiger partial charge in [-0.15, -0.1) is 0 Å². The summed E-state index contributed by atoms with van der Waals surface area (Å²) in [6.45, 7) is 7.33. The van der Waals surface area contributed by atoms with Crippen LogP contribution in [0.2, 0.25) is 0 Å². The Morgan fingerprint density at radius 1 is 1.24 bits per heavy atom. The van der Waals surface area contributed by atoms with E-state index >= 15 is 0 Å². The van der Waals surface area contributed by atoms with E-state index in [1.54, 1.807) is 0 Å². The van der Waals surface area contributed by atoms with Crippen molar-refractivity contribution in [2.75, 3.05) is 19.7 Å². The fourth-order valence-corrected chi connectivity index (χ4v) is 3.28. The molecule has 0 amide bonds. The van der Waals surface area contributed by atoms with Crippen molar-refractivity contribution in [3.63, 3.8) is 0 Å². The molecule has 2 aromatic rings. The number of hydrogen-bond acceptors (Lipinski definition) is 3. The molecule has 0 saturated carbocycles. The first-order valence-electron chi connectivity index (χ1n) is 8.18. The summed E-state index contributed by atoms with van der Waals surface area (Å²) in [5, 5.41) is 0. The molecule has 1 unspecified atom stereocenters. The minimum Gasteiger partial charge on any atom is -0.494 e. The summed E-state index contributed by atoms with van der Waals surface area (Å²) in [5.74, 6) is 2.01. The second kappa shape index (κ2) is 6.48. The molecule has 0 radical (unpaired) electrons. The molecule has 1 fully saturated rings. The minimum absolute atomic E-state index is 0.410. The third-order valence-corrected chi connectivity index (χ3v) is 4.32. The highest BCUT2D eigenvalue weighted by Gasteiger charge is 2.23. The number of aromatic nitrogens is 2. The molecule has 1 aliphatic heterocycles. The summed E-state index contributed by atoms with van der Waals surface area (Å²) in [6.07, 6.45) is 5.08. The van der Waals surface area contributed by atoms with Gasteiger partial charge in [0.2, 0.25) is 0 Å². The van der Waals surface area contributed by atoms with Gasteiger partial charge in [0.1, 0.15) is 11.6 Å². The molecular formula is C17H25N3O. The third kappa shape index (κ3) is 3.05. The van der Waals surface area contributed by atoms with E-state index in [9.17, 15) is 0 Å². The lowest BCUT2D eigenvalue weighted by Crippen LogP contribution is -2.34. The summed E-state index contributed by atoms with van der Waals surface area (Å²) < 4.78 is 5.57. The van der Waals surface area contributed by atoms with Crippen LogP contribution in [-0.2, 0) is 0 Å². The van der Waals surface area contributed by atoms with Crippen molar-refractivity contribution in [2.45, 2.75) is 45.6 Å². The Morgan fingerprint density at radius 2 is 2.05 bits per heavy atom. The fraction of sp³-hybridized carbons (Fsp3) is 0.588. The monoisotopic (exact) mass is 287 g/mol. The summed E-state index contributed by atoms with van der Waals surface area (Å²) >= 11 is 0. The lowest BCUT2D eigenvalue weighted by atomic mass is 10.1. The number of hydrogen-bond donors (Lipinski definition) is 1. The molecule has 3 rings (SSSR count). The van der Waals surface area contributed by atoms with E-state index in [2.05, 4.69) is 22.9 Å². The number of benzene rings is 1. The SMILES string of the molecule is CCOc1ccc2nc(C(CC)N3CCCCC3)[nH]c2c1. The van der Waals surface area contributed by atoms with Gasteiger partial charge >= 0.3 is 0 Å². The lowest BCUT2D eigenvalue weighted by molar-refractivity contribution is 0.154. The highest BCUT2D eigenvalue weighted by Crippen LogP contribution is 2.28. The van der Waals surface area contributed by atoms with E-state index in [-0.39, 0.29) is 0 Å². The molecule has 2 heterocycles. The first-order valence-corrected chi connectivity index (χ1v) is 8.18. The number of aromatic amines is 1. The zero-order valence-electron chi connectivity index (χ0n) is 13.1. The van der Waals surface area contributed by atoms with E-state index in [1.165, 1.54) is 32.4 Å². The number of ether oxygens (including phenoxy) is 1. The predicted molar refractivity (Wildman–Crippen MR) is 85.7 cm³/mol. The third-order valence-electron chi connectivity index (χ3n) is 4.32. The van der Waals surface area contributed by atoms with Crippen molar-refractivity contribution in [3.8, 4) is 5.75 Å². The van der Waals surface area contributed by atoms with Crippen molar-refractivity contribution >= 4 is 11.0 Å². The Kier molecular flexibility index (Phi) is 4.44. The van der Waals surface area contributed by atoms with Crippen LogP contribution >= 0.6 is 0 Å². The molecule has 21 heavy (non-hydrogen) atoms. The number of H-pyrrole nitrogens is 1. The van der Waals surface area contributed by atoms with Crippen LogP contribution in [0, 0.1) is 0 Å². The fourth-order valence-electron chi connectivity index (χ4n) is 3.28. The number of nitrogens with zero attached hydrogens (tertiary/aromatic N) is 2. The second-order valence-electron chi connectivity index (χ2n) is 5.75. The maximum atomic E-state index is 5.57. The molecule has 4 heteroatoms. The molecule has 0 spiro atoms. The van der Waals surface area contributed by atoms with Crippen molar-refractivity contribution in [3.05, 3.63) is 24.0 Å². The summed E-state index contributed by atoms with van der Waals surface area (Å²) in [5.41, 5.74) is 2.11. The van der Waals surface area contributed by atoms with Gasteiger partial charge in [0.15, 0.2) is 0 Å². The van der Waals surface area contributed by atoms with E-state index in [0.29, 0.717) is 12.6 Å². The van der Waals surface area contributed by atoms with E-state index < -0.39 is 0 Å². The molecule has 1 atom stereocenters. The molecule has 114 valence electrons. The number of rotatable bonds is 5. The van der Waals surface area contributed by atoms with Crippen molar-refractivity contribution in [2.24, 2.45) is 0 Å². The zero-order chi connectivity index (χ0) is 14.7. The summed E-state index contributed by atoms with van der Waals surface area (Å²) in [4.78, 5) is 10.9. The van der Waals surface area contributed by atoms with Gasteiger partial charge < -0.3 is 9.72 Å². The maximum Gasteiger partial charge on any atom is 0.124 e. The Morgan fingerprint density at radius 3 is 2.76 bits per heavy atom. The Labute approximate surface area is 126 Å². The highest BCUT2D eigenvalue weighted by atomic mass is 16.5.